The molecule has 2 aromatic rings. The Balaban J connectivity index is 2.61. The van der Waals surface area contributed by atoms with E-state index in [9.17, 15) is 19.8 Å². The van der Waals surface area contributed by atoms with Crippen molar-refractivity contribution in [3.8, 4) is 0 Å². The highest BCUT2D eigenvalue weighted by molar-refractivity contribution is 6.01. The quantitative estimate of drug-likeness (QED) is 0.609. The van der Waals surface area contributed by atoms with Crippen LogP contribution in [-0.4, -0.2) is 11.9 Å². The summed E-state index contributed by atoms with van der Waals surface area (Å²) in [5.74, 6) is -2.88. The van der Waals surface area contributed by atoms with Crippen LogP contribution in [0.3, 0.4) is 0 Å². The minimum Gasteiger partial charge on any atom is -0.545 e. The molecule has 0 aliphatic heterocycles. The molecule has 0 bridgehead atoms. The topological polar surface area (TPSA) is 80.3 Å². The van der Waals surface area contributed by atoms with Gasteiger partial charge in [0.05, 0.1) is 11.9 Å². The summed E-state index contributed by atoms with van der Waals surface area (Å²) in [6.45, 7) is 1.39. The first-order valence-corrected chi connectivity index (χ1v) is 6.29. The van der Waals surface area contributed by atoms with E-state index >= 15 is 0 Å². The average molecular weight is 280 g/mol. The Bertz CT molecular complexity index is 764. The van der Waals surface area contributed by atoms with E-state index in [-0.39, 0.29) is 11.1 Å². The standard InChI is InChI=1S/C17H14O4/c1-11(9-16(18)19)15(17(20)21)10-13-7-4-6-12-5-2-3-8-14(12)13/h2-10H,1H3,(H,18,19)(H,20,21)/p-2/b11-9-,15-10-. The lowest BCUT2D eigenvalue weighted by atomic mass is 9.99. The third-order valence-electron chi connectivity index (χ3n) is 3.10. The first kappa shape index (κ1) is 14.5. The van der Waals surface area contributed by atoms with Crippen molar-refractivity contribution in [1.29, 1.82) is 0 Å². The van der Waals surface area contributed by atoms with Gasteiger partial charge in [-0.15, -0.1) is 0 Å². The fourth-order valence-corrected chi connectivity index (χ4v) is 2.12. The predicted octanol–water partition coefficient (Wildman–Crippen LogP) is 0.669. The van der Waals surface area contributed by atoms with Gasteiger partial charge in [-0.3, -0.25) is 0 Å². The van der Waals surface area contributed by atoms with Gasteiger partial charge in [0.15, 0.2) is 0 Å². The van der Waals surface area contributed by atoms with Crippen molar-refractivity contribution < 1.29 is 19.8 Å². The number of aliphatic carboxylic acids is 2. The smallest absolute Gasteiger partial charge is 0.0718 e. The lowest BCUT2D eigenvalue weighted by Crippen LogP contribution is -2.26. The van der Waals surface area contributed by atoms with Crippen LogP contribution < -0.4 is 10.2 Å². The Kier molecular flexibility index (Phi) is 4.18. The second-order valence-electron chi connectivity index (χ2n) is 4.56. The molecular formula is C17H12O4-2. The Hall–Kier alpha value is -2.88. The van der Waals surface area contributed by atoms with Gasteiger partial charge in [0.2, 0.25) is 0 Å². The zero-order chi connectivity index (χ0) is 15.4. The van der Waals surface area contributed by atoms with Gasteiger partial charge in [-0.05, 0) is 41.0 Å². The molecule has 0 heterocycles. The number of fused-ring (bicyclic) bond motifs is 1. The third kappa shape index (κ3) is 3.36. The number of carbonyl (C=O) groups excluding carboxylic acids is 2. The Morgan fingerprint density at radius 2 is 1.67 bits per heavy atom. The van der Waals surface area contributed by atoms with Crippen molar-refractivity contribution in [2.75, 3.05) is 0 Å². The van der Waals surface area contributed by atoms with Crippen molar-refractivity contribution >= 4 is 28.8 Å². The molecule has 106 valence electrons. The van der Waals surface area contributed by atoms with E-state index in [2.05, 4.69) is 0 Å². The van der Waals surface area contributed by atoms with E-state index in [1.165, 1.54) is 13.0 Å². The number of carbonyl (C=O) groups is 2. The van der Waals surface area contributed by atoms with E-state index in [4.69, 9.17) is 0 Å². The molecule has 2 aromatic carbocycles. The first-order valence-electron chi connectivity index (χ1n) is 6.29. The van der Waals surface area contributed by atoms with Gasteiger partial charge in [0.25, 0.3) is 0 Å². The summed E-state index contributed by atoms with van der Waals surface area (Å²) in [7, 11) is 0. The van der Waals surface area contributed by atoms with Crippen LogP contribution in [0.4, 0.5) is 0 Å². The van der Waals surface area contributed by atoms with Gasteiger partial charge in [-0.25, -0.2) is 0 Å². The molecule has 0 fully saturated rings. The molecule has 0 saturated heterocycles. The summed E-state index contributed by atoms with van der Waals surface area (Å²) in [5.41, 5.74) is 0.567. The van der Waals surface area contributed by atoms with E-state index in [0.29, 0.717) is 5.56 Å². The van der Waals surface area contributed by atoms with Crippen molar-refractivity contribution in [1.82, 2.24) is 0 Å². The van der Waals surface area contributed by atoms with Crippen LogP contribution in [0.25, 0.3) is 16.8 Å². The van der Waals surface area contributed by atoms with Crippen LogP contribution in [0.15, 0.2) is 59.7 Å². The Labute approximate surface area is 121 Å². The maximum atomic E-state index is 11.2. The molecule has 0 aliphatic rings. The van der Waals surface area contributed by atoms with Crippen LogP contribution in [0, 0.1) is 0 Å². The fourth-order valence-electron chi connectivity index (χ4n) is 2.12. The van der Waals surface area contributed by atoms with Gasteiger partial charge >= 0.3 is 0 Å². The van der Waals surface area contributed by atoms with E-state index in [1.54, 1.807) is 12.1 Å². The first-order chi connectivity index (χ1) is 9.99. The molecule has 4 heteroatoms. The minimum atomic E-state index is -1.45. The molecule has 0 N–H and O–H groups in total. The fraction of sp³-hybridized carbons (Fsp3) is 0.0588. The largest absolute Gasteiger partial charge is 0.545 e. The highest BCUT2D eigenvalue weighted by atomic mass is 16.4. The molecule has 0 amide bonds. The number of benzene rings is 2. The number of rotatable bonds is 4. The second-order valence-corrected chi connectivity index (χ2v) is 4.56. The molecule has 2 rings (SSSR count). The monoisotopic (exact) mass is 280 g/mol. The number of hydrogen-bond acceptors (Lipinski definition) is 4. The lowest BCUT2D eigenvalue weighted by molar-refractivity contribution is -0.298. The predicted molar refractivity (Wildman–Crippen MR) is 75.7 cm³/mol. The van der Waals surface area contributed by atoms with E-state index < -0.39 is 11.9 Å². The van der Waals surface area contributed by atoms with Gasteiger partial charge in [0.1, 0.15) is 0 Å². The van der Waals surface area contributed by atoms with Crippen molar-refractivity contribution in [3.05, 3.63) is 65.3 Å². The van der Waals surface area contributed by atoms with Gasteiger partial charge < -0.3 is 19.8 Å². The summed E-state index contributed by atoms with van der Waals surface area (Å²) in [4.78, 5) is 21.8. The Morgan fingerprint density at radius 1 is 1.00 bits per heavy atom. The molecule has 0 aliphatic carbocycles. The van der Waals surface area contributed by atoms with Crippen LogP contribution in [0.5, 0.6) is 0 Å². The highest BCUT2D eigenvalue weighted by Crippen LogP contribution is 2.22. The molecule has 0 saturated carbocycles. The third-order valence-corrected chi connectivity index (χ3v) is 3.10. The minimum absolute atomic E-state index is 0.0722. The summed E-state index contributed by atoms with van der Waals surface area (Å²) in [6.07, 6.45) is 2.15. The van der Waals surface area contributed by atoms with Gasteiger partial charge in [-0.1, -0.05) is 42.5 Å². The van der Waals surface area contributed by atoms with Crippen LogP contribution in [0.2, 0.25) is 0 Å². The molecule has 0 aromatic heterocycles. The summed E-state index contributed by atoms with van der Waals surface area (Å²) in [6, 6.07) is 13.0. The maximum Gasteiger partial charge on any atom is 0.0718 e. The lowest BCUT2D eigenvalue weighted by Gasteiger charge is -2.11. The summed E-state index contributed by atoms with van der Waals surface area (Å²) in [5, 5.41) is 23.6. The normalized spacial score (nSPS) is 12.4. The molecule has 21 heavy (non-hydrogen) atoms. The summed E-state index contributed by atoms with van der Waals surface area (Å²) >= 11 is 0. The Morgan fingerprint density at radius 3 is 2.33 bits per heavy atom. The maximum absolute atomic E-state index is 11.2. The SMILES string of the molecule is CC(=C/C(=O)[O-])/C(=C/c1cccc2ccccc12)C(=O)[O-]. The van der Waals surface area contributed by atoms with Gasteiger partial charge in [-0.2, -0.15) is 0 Å². The molecule has 0 spiro atoms. The number of carboxylic acids is 2. The molecule has 0 unspecified atom stereocenters. The average Bonchev–Trinajstić information content (AvgIpc) is 2.43. The zero-order valence-electron chi connectivity index (χ0n) is 11.3. The zero-order valence-corrected chi connectivity index (χ0v) is 11.3. The van der Waals surface area contributed by atoms with Gasteiger partial charge in [0, 0.05) is 5.57 Å². The second kappa shape index (κ2) is 6.05. The highest BCUT2D eigenvalue weighted by Gasteiger charge is 2.04. The van der Waals surface area contributed by atoms with Crippen LogP contribution >= 0.6 is 0 Å². The molecular weight excluding hydrogens is 268 g/mol. The van der Waals surface area contributed by atoms with Crippen LogP contribution in [0.1, 0.15) is 12.5 Å². The van der Waals surface area contributed by atoms with Crippen LogP contribution in [-0.2, 0) is 9.59 Å². The number of hydrogen-bond donors (Lipinski definition) is 0. The van der Waals surface area contributed by atoms with Crippen molar-refractivity contribution in [3.63, 3.8) is 0 Å². The number of carboxylic acid groups (broad SMARTS) is 2. The van der Waals surface area contributed by atoms with E-state index in [1.807, 2.05) is 30.3 Å². The summed E-state index contributed by atoms with van der Waals surface area (Å²) < 4.78 is 0. The van der Waals surface area contributed by atoms with Crippen molar-refractivity contribution in [2.24, 2.45) is 0 Å². The molecule has 0 atom stereocenters. The molecule has 4 nitrogen and oxygen atoms in total. The van der Waals surface area contributed by atoms with Crippen molar-refractivity contribution in [2.45, 2.75) is 6.92 Å². The molecule has 0 radical (unpaired) electrons. The van der Waals surface area contributed by atoms with E-state index in [0.717, 1.165) is 16.8 Å².